The first-order chi connectivity index (χ1) is 18.4. The average molecular weight is 523 g/mol. The molecule has 1 N–H and O–H groups in total. The molecule has 38 heavy (non-hydrogen) atoms. The van der Waals surface area contributed by atoms with E-state index in [0.29, 0.717) is 30.2 Å². The van der Waals surface area contributed by atoms with Gasteiger partial charge in [-0.15, -0.1) is 0 Å². The Labute approximate surface area is 227 Å². The third-order valence-electron chi connectivity index (χ3n) is 8.32. The maximum Gasteiger partial charge on any atom is 0.247 e. The Bertz CT molecular complexity index is 1100. The fraction of sp³-hybridized carbons (Fsp3) is 0.516. The number of likely N-dealkylation sites (tertiary alicyclic amines) is 1. The van der Waals surface area contributed by atoms with Gasteiger partial charge in [0.05, 0.1) is 33.0 Å². The number of amides is 1. The minimum absolute atomic E-state index is 0.0165. The van der Waals surface area contributed by atoms with Gasteiger partial charge in [-0.1, -0.05) is 25.0 Å². The number of piperidine rings is 1. The van der Waals surface area contributed by atoms with Crippen LogP contribution >= 0.6 is 0 Å². The van der Waals surface area contributed by atoms with Crippen LogP contribution in [-0.4, -0.2) is 62.5 Å². The molecule has 0 radical (unpaired) electrons. The van der Waals surface area contributed by atoms with E-state index in [1.54, 1.807) is 33.5 Å². The van der Waals surface area contributed by atoms with E-state index in [9.17, 15) is 9.90 Å². The zero-order valence-corrected chi connectivity index (χ0v) is 23.4. The molecule has 1 aliphatic carbocycles. The van der Waals surface area contributed by atoms with Crippen molar-refractivity contribution in [3.05, 3.63) is 53.6 Å². The number of nitrogens with zero attached hydrogens (tertiary/aromatic N) is 2. The lowest BCUT2D eigenvalue weighted by molar-refractivity contribution is -0.150. The van der Waals surface area contributed by atoms with Crippen LogP contribution in [0.5, 0.6) is 17.2 Å². The number of ether oxygens (including phenoxy) is 3. The second-order valence-electron chi connectivity index (χ2n) is 10.2. The number of fused-ring (bicyclic) bond motifs is 1. The van der Waals surface area contributed by atoms with Crippen LogP contribution in [0.1, 0.15) is 63.1 Å². The molecule has 7 nitrogen and oxygen atoms in total. The van der Waals surface area contributed by atoms with E-state index < -0.39 is 5.60 Å². The molecule has 2 aromatic carbocycles. The predicted molar refractivity (Wildman–Crippen MR) is 151 cm³/mol. The highest BCUT2D eigenvalue weighted by molar-refractivity contribution is 5.92. The molecule has 206 valence electrons. The summed E-state index contributed by atoms with van der Waals surface area (Å²) in [5.41, 5.74) is 2.31. The molecule has 0 aromatic heterocycles. The quantitative estimate of drug-likeness (QED) is 0.441. The molecular weight excluding hydrogens is 480 g/mol. The lowest BCUT2D eigenvalue weighted by atomic mass is 9.66. The van der Waals surface area contributed by atoms with E-state index in [0.717, 1.165) is 49.9 Å². The number of rotatable bonds is 9. The molecule has 7 heteroatoms. The normalized spacial score (nSPS) is 23.2. The smallest absolute Gasteiger partial charge is 0.247 e. The molecule has 2 aliphatic rings. The minimum Gasteiger partial charge on any atom is -0.493 e. The standard InChI is InChI=1S/C31H42N2O5/c1-6-32(7-2)24-14-12-23(13-15-24)29-25-10-8-9-17-31(25,35)18-19-33(29)28(34)16-11-22-20-26(36-3)30(38-5)27(21-22)37-4/h11-16,20-21,25,29,35H,6-10,17-19H2,1-5H3/b16-11+/t25-,29+,31-/m0/s1. The SMILES string of the molecule is CCN(CC)c1ccc([C@@H]2[C@@H]3CCCC[C@]3(O)CCN2C(=O)/C=C/c2cc(OC)c(OC)c(OC)c2)cc1. The highest BCUT2D eigenvalue weighted by atomic mass is 16.5. The van der Waals surface area contributed by atoms with Crippen molar-refractivity contribution in [2.75, 3.05) is 45.9 Å². The summed E-state index contributed by atoms with van der Waals surface area (Å²) in [6.45, 7) is 6.71. The van der Waals surface area contributed by atoms with E-state index in [2.05, 4.69) is 43.0 Å². The molecule has 4 rings (SSSR count). The van der Waals surface area contributed by atoms with E-state index >= 15 is 0 Å². The van der Waals surface area contributed by atoms with Crippen LogP contribution in [0.15, 0.2) is 42.5 Å². The van der Waals surface area contributed by atoms with Crippen LogP contribution in [-0.2, 0) is 4.79 Å². The maximum atomic E-state index is 13.7. The van der Waals surface area contributed by atoms with Gasteiger partial charge >= 0.3 is 0 Å². The number of aliphatic hydroxyl groups is 1. The summed E-state index contributed by atoms with van der Waals surface area (Å²) in [4.78, 5) is 18.0. The number of anilines is 1. The molecule has 3 atom stereocenters. The summed E-state index contributed by atoms with van der Waals surface area (Å²) >= 11 is 0. The molecule has 1 saturated carbocycles. The molecule has 2 fully saturated rings. The Morgan fingerprint density at radius 3 is 2.26 bits per heavy atom. The Kier molecular flexibility index (Phi) is 8.87. The summed E-state index contributed by atoms with van der Waals surface area (Å²) in [5, 5.41) is 11.6. The number of hydrogen-bond acceptors (Lipinski definition) is 6. The fourth-order valence-corrected chi connectivity index (χ4v) is 6.27. The topological polar surface area (TPSA) is 71.5 Å². The van der Waals surface area contributed by atoms with Gasteiger partial charge in [-0.25, -0.2) is 0 Å². The third kappa shape index (κ3) is 5.48. The Morgan fingerprint density at radius 2 is 1.68 bits per heavy atom. The average Bonchev–Trinajstić information content (AvgIpc) is 2.95. The first kappa shape index (κ1) is 27.8. The monoisotopic (exact) mass is 522 g/mol. The van der Waals surface area contributed by atoms with Crippen molar-refractivity contribution < 1.29 is 24.1 Å². The molecule has 1 aliphatic heterocycles. The molecule has 0 spiro atoms. The highest BCUT2D eigenvalue weighted by Gasteiger charge is 2.49. The van der Waals surface area contributed by atoms with Crippen molar-refractivity contribution in [2.24, 2.45) is 5.92 Å². The van der Waals surface area contributed by atoms with Gasteiger partial charge in [0.1, 0.15) is 0 Å². The number of methoxy groups -OCH3 is 3. The zero-order valence-electron chi connectivity index (χ0n) is 23.4. The Balaban J connectivity index is 1.65. The summed E-state index contributed by atoms with van der Waals surface area (Å²) in [6.07, 6.45) is 7.84. The zero-order chi connectivity index (χ0) is 27.3. The van der Waals surface area contributed by atoms with E-state index in [1.165, 1.54) is 5.69 Å². The van der Waals surface area contributed by atoms with Crippen molar-refractivity contribution in [1.29, 1.82) is 0 Å². The number of carbonyl (C=O) groups excluding carboxylic acids is 1. The summed E-state index contributed by atoms with van der Waals surface area (Å²) in [5.74, 6) is 1.54. The van der Waals surface area contributed by atoms with Gasteiger partial charge in [-0.05, 0) is 74.6 Å². The van der Waals surface area contributed by atoms with Crippen LogP contribution in [0, 0.1) is 5.92 Å². The Hall–Kier alpha value is -3.19. The molecule has 1 amide bonds. The van der Waals surface area contributed by atoms with Crippen LogP contribution in [0.2, 0.25) is 0 Å². The van der Waals surface area contributed by atoms with Gasteiger partial charge in [0.15, 0.2) is 11.5 Å². The van der Waals surface area contributed by atoms with Crippen molar-refractivity contribution in [1.82, 2.24) is 4.90 Å². The summed E-state index contributed by atoms with van der Waals surface area (Å²) in [7, 11) is 4.72. The second kappa shape index (κ2) is 12.1. The van der Waals surface area contributed by atoms with Gasteiger partial charge in [-0.3, -0.25) is 4.79 Å². The Morgan fingerprint density at radius 1 is 1.03 bits per heavy atom. The maximum absolute atomic E-state index is 13.7. The summed E-state index contributed by atoms with van der Waals surface area (Å²) in [6, 6.07) is 12.1. The first-order valence-electron chi connectivity index (χ1n) is 13.7. The van der Waals surface area contributed by atoms with Gasteiger partial charge in [0, 0.05) is 37.3 Å². The predicted octanol–water partition coefficient (Wildman–Crippen LogP) is 5.47. The van der Waals surface area contributed by atoms with Crippen LogP contribution < -0.4 is 19.1 Å². The molecular formula is C31H42N2O5. The van der Waals surface area contributed by atoms with Crippen molar-refractivity contribution in [2.45, 2.75) is 57.6 Å². The van der Waals surface area contributed by atoms with Crippen LogP contribution in [0.25, 0.3) is 6.08 Å². The minimum atomic E-state index is -0.725. The first-order valence-corrected chi connectivity index (χ1v) is 13.7. The van der Waals surface area contributed by atoms with Crippen molar-refractivity contribution in [3.63, 3.8) is 0 Å². The van der Waals surface area contributed by atoms with E-state index in [-0.39, 0.29) is 17.9 Å². The largest absolute Gasteiger partial charge is 0.493 e. The number of hydrogen-bond donors (Lipinski definition) is 1. The van der Waals surface area contributed by atoms with Gasteiger partial charge in [-0.2, -0.15) is 0 Å². The van der Waals surface area contributed by atoms with Crippen LogP contribution in [0.3, 0.4) is 0 Å². The lowest BCUT2D eigenvalue weighted by Gasteiger charge is -2.52. The third-order valence-corrected chi connectivity index (χ3v) is 8.32. The van der Waals surface area contributed by atoms with Crippen molar-refractivity contribution >= 4 is 17.7 Å². The summed E-state index contributed by atoms with van der Waals surface area (Å²) < 4.78 is 16.3. The number of carbonyl (C=O) groups is 1. The van der Waals surface area contributed by atoms with E-state index in [4.69, 9.17) is 14.2 Å². The van der Waals surface area contributed by atoms with E-state index in [1.807, 2.05) is 17.0 Å². The molecule has 2 aromatic rings. The molecule has 0 bridgehead atoms. The lowest BCUT2D eigenvalue weighted by Crippen LogP contribution is -2.56. The van der Waals surface area contributed by atoms with Gasteiger partial charge in [0.2, 0.25) is 11.7 Å². The fourth-order valence-electron chi connectivity index (χ4n) is 6.27. The molecule has 0 unspecified atom stereocenters. The van der Waals surface area contributed by atoms with Crippen LogP contribution in [0.4, 0.5) is 5.69 Å². The number of benzene rings is 2. The molecule has 1 heterocycles. The van der Waals surface area contributed by atoms with Gasteiger partial charge in [0.25, 0.3) is 0 Å². The highest BCUT2D eigenvalue weighted by Crippen LogP contribution is 2.49. The molecule has 1 saturated heterocycles. The second-order valence-corrected chi connectivity index (χ2v) is 10.2. The van der Waals surface area contributed by atoms with Crippen molar-refractivity contribution in [3.8, 4) is 17.2 Å². The van der Waals surface area contributed by atoms with Gasteiger partial charge < -0.3 is 29.1 Å².